The minimum absolute atomic E-state index is 0.0883. The number of aliphatic hydroxyl groups excluding tert-OH is 2. The molecule has 2 aromatic rings. The molecule has 1 aromatic heterocycles. The topological polar surface area (TPSA) is 149 Å². The Balaban J connectivity index is 1.59. The smallest absolute Gasteiger partial charge is 0.336 e. The lowest BCUT2D eigenvalue weighted by molar-refractivity contribution is -0.137. The van der Waals surface area contributed by atoms with Gasteiger partial charge in [0.25, 0.3) is 0 Å². The van der Waals surface area contributed by atoms with E-state index in [2.05, 4.69) is 10.6 Å². The molecule has 0 spiro atoms. The third-order valence-corrected chi connectivity index (χ3v) is 6.72. The van der Waals surface area contributed by atoms with Crippen LogP contribution in [0, 0.1) is 5.41 Å². The van der Waals surface area contributed by atoms with Crippen LogP contribution in [0.5, 0.6) is 0 Å². The van der Waals surface area contributed by atoms with Crippen LogP contribution in [-0.4, -0.2) is 67.7 Å². The van der Waals surface area contributed by atoms with Crippen LogP contribution in [0.15, 0.2) is 33.5 Å². The number of nitrogens with one attached hydrogen (secondary N) is 2. The van der Waals surface area contributed by atoms with Gasteiger partial charge >= 0.3 is 5.63 Å². The summed E-state index contributed by atoms with van der Waals surface area (Å²) in [5, 5.41) is 25.3. The largest absolute Gasteiger partial charge is 0.423 e. The molecule has 0 bridgehead atoms. The monoisotopic (exact) mass is 545 g/mol. The lowest BCUT2D eigenvalue weighted by Gasteiger charge is -2.27. The van der Waals surface area contributed by atoms with Crippen LogP contribution >= 0.6 is 0 Å². The van der Waals surface area contributed by atoms with Crippen molar-refractivity contribution in [3.63, 3.8) is 0 Å². The summed E-state index contributed by atoms with van der Waals surface area (Å²) in [6.07, 6.45) is 3.77. The second kappa shape index (κ2) is 15.4. The number of nitrogens with zero attached hydrogens (tertiary/aromatic N) is 1. The summed E-state index contributed by atoms with van der Waals surface area (Å²) in [5.41, 5.74) is 0.674. The van der Waals surface area contributed by atoms with Gasteiger partial charge in [-0.05, 0) is 30.5 Å². The van der Waals surface area contributed by atoms with Crippen LogP contribution in [0.4, 0.5) is 5.69 Å². The maximum absolute atomic E-state index is 12.5. The molecule has 0 fully saturated rings. The van der Waals surface area contributed by atoms with Crippen molar-refractivity contribution < 1.29 is 29.0 Å². The van der Waals surface area contributed by atoms with Crippen LogP contribution in [0.3, 0.4) is 0 Å². The zero-order chi connectivity index (χ0) is 29.0. The van der Waals surface area contributed by atoms with Gasteiger partial charge in [0, 0.05) is 75.1 Å². The van der Waals surface area contributed by atoms with E-state index in [4.69, 9.17) is 4.42 Å². The summed E-state index contributed by atoms with van der Waals surface area (Å²) in [4.78, 5) is 50.3. The highest BCUT2D eigenvalue weighted by Gasteiger charge is 2.32. The molecule has 0 aliphatic heterocycles. The zero-order valence-corrected chi connectivity index (χ0v) is 23.5. The Bertz CT molecular complexity index is 1170. The molecule has 1 aromatic carbocycles. The van der Waals surface area contributed by atoms with E-state index in [9.17, 15) is 29.4 Å². The van der Waals surface area contributed by atoms with E-state index in [0.29, 0.717) is 24.1 Å². The number of carbonyl (C=O) groups is 3. The Hall–Kier alpha value is -3.24. The molecule has 0 unspecified atom stereocenters. The molecule has 39 heavy (non-hydrogen) atoms. The van der Waals surface area contributed by atoms with E-state index in [1.54, 1.807) is 19.9 Å². The van der Waals surface area contributed by atoms with Crippen LogP contribution in [0.1, 0.15) is 64.4 Å². The number of benzene rings is 1. The van der Waals surface area contributed by atoms with E-state index in [1.165, 1.54) is 6.07 Å². The summed E-state index contributed by atoms with van der Waals surface area (Å²) in [6.45, 7) is 3.47. The molecule has 1 heterocycles. The molecule has 4 N–H and O–H groups in total. The number of hydrogen-bond acceptors (Lipinski definition) is 8. The Morgan fingerprint density at radius 1 is 0.974 bits per heavy atom. The fourth-order valence-electron chi connectivity index (χ4n) is 4.07. The van der Waals surface area contributed by atoms with Crippen LogP contribution in [0.2, 0.25) is 0 Å². The number of anilines is 1. The van der Waals surface area contributed by atoms with Crippen LogP contribution in [0.25, 0.3) is 11.0 Å². The third kappa shape index (κ3) is 10.4. The van der Waals surface area contributed by atoms with Gasteiger partial charge in [-0.1, -0.05) is 33.1 Å². The minimum Gasteiger partial charge on any atom is -0.423 e. The fraction of sp³-hybridized carbons (Fsp3) is 0.586. The van der Waals surface area contributed by atoms with Gasteiger partial charge in [-0.15, -0.1) is 0 Å². The van der Waals surface area contributed by atoms with Crippen molar-refractivity contribution in [1.29, 1.82) is 0 Å². The predicted octanol–water partition coefficient (Wildman–Crippen LogP) is 2.31. The summed E-state index contributed by atoms with van der Waals surface area (Å²) >= 11 is 0. The van der Waals surface area contributed by atoms with Crippen molar-refractivity contribution in [1.82, 2.24) is 10.6 Å². The molecule has 0 saturated heterocycles. The first-order valence-electron chi connectivity index (χ1n) is 13.5. The number of hydrogen-bond donors (Lipinski definition) is 4. The first-order chi connectivity index (χ1) is 18.4. The second-order valence-corrected chi connectivity index (χ2v) is 10.8. The Kier molecular flexibility index (Phi) is 12.6. The number of carbonyl (C=O) groups excluding carboxylic acids is 3. The molecule has 0 radical (unpaired) electrons. The summed E-state index contributed by atoms with van der Waals surface area (Å²) < 4.78 is 5.33. The number of ketones is 1. The maximum Gasteiger partial charge on any atom is 0.336 e. The lowest BCUT2D eigenvalue weighted by Crippen LogP contribution is -2.46. The molecule has 2 amide bonds. The molecule has 0 saturated carbocycles. The highest BCUT2D eigenvalue weighted by molar-refractivity contribution is 5.89. The van der Waals surface area contributed by atoms with Gasteiger partial charge in [0.05, 0.1) is 6.61 Å². The highest BCUT2D eigenvalue weighted by Crippen LogP contribution is 2.23. The standard InChI is InChI=1S/C29H43N3O7/c1-29(2,19-33)27(37)28(38)31-15-13-25(35)30-14-9-7-5-6-8-10-22(34)16-20-17-26(36)39-24-18-21(32(3)4)11-12-23(20)24/h11-12,17-18,27,33,37H,5-10,13-16,19H2,1-4H3,(H,30,35)(H,31,38)/t27-/m0/s1. The number of amides is 2. The fourth-order valence-corrected chi connectivity index (χ4v) is 4.07. The van der Waals surface area contributed by atoms with E-state index < -0.39 is 23.1 Å². The van der Waals surface area contributed by atoms with Gasteiger partial charge < -0.3 is 30.2 Å². The van der Waals surface area contributed by atoms with Gasteiger partial charge in [-0.3, -0.25) is 14.4 Å². The molecular formula is C29H43N3O7. The van der Waals surface area contributed by atoms with Gasteiger partial charge in [-0.2, -0.15) is 0 Å². The molecule has 10 nitrogen and oxygen atoms in total. The van der Waals surface area contributed by atoms with Crippen molar-refractivity contribution in [3.05, 3.63) is 40.2 Å². The molecule has 1 atom stereocenters. The van der Waals surface area contributed by atoms with Gasteiger partial charge in [0.1, 0.15) is 17.5 Å². The van der Waals surface area contributed by atoms with Crippen LogP contribution < -0.4 is 21.2 Å². The molecular weight excluding hydrogens is 502 g/mol. The zero-order valence-electron chi connectivity index (χ0n) is 23.5. The quantitative estimate of drug-likeness (QED) is 0.175. The number of fused-ring (bicyclic) bond motifs is 1. The van der Waals surface area contributed by atoms with Crippen LogP contribution in [-0.2, 0) is 20.8 Å². The van der Waals surface area contributed by atoms with Crippen molar-refractivity contribution >= 4 is 34.3 Å². The number of aliphatic hydroxyl groups is 2. The van der Waals surface area contributed by atoms with E-state index in [0.717, 1.165) is 43.2 Å². The van der Waals surface area contributed by atoms with Crippen molar-refractivity contribution in [3.8, 4) is 0 Å². The Morgan fingerprint density at radius 3 is 2.36 bits per heavy atom. The first-order valence-corrected chi connectivity index (χ1v) is 13.5. The summed E-state index contributed by atoms with van der Waals surface area (Å²) in [5.74, 6) is -0.704. The van der Waals surface area contributed by atoms with Gasteiger partial charge in [0.15, 0.2) is 0 Å². The summed E-state index contributed by atoms with van der Waals surface area (Å²) in [6, 6.07) is 7.02. The SMILES string of the molecule is CN(C)c1ccc2c(CC(=O)CCCCCCCNC(=O)CCNC(=O)[C@H](O)C(C)(C)CO)cc(=O)oc2c1. The maximum atomic E-state index is 12.5. The average Bonchev–Trinajstić information content (AvgIpc) is 2.89. The van der Waals surface area contributed by atoms with E-state index in [-0.39, 0.29) is 37.7 Å². The number of rotatable bonds is 17. The van der Waals surface area contributed by atoms with Gasteiger partial charge in [-0.25, -0.2) is 4.79 Å². The summed E-state index contributed by atoms with van der Waals surface area (Å²) in [7, 11) is 3.81. The molecule has 216 valence electrons. The van der Waals surface area contributed by atoms with Crippen molar-refractivity contribution in [2.24, 2.45) is 5.41 Å². The minimum atomic E-state index is -1.35. The molecule has 10 heteroatoms. The molecule has 0 aliphatic rings. The highest BCUT2D eigenvalue weighted by atomic mass is 16.4. The number of unbranched alkanes of at least 4 members (excludes halogenated alkanes) is 4. The lowest BCUT2D eigenvalue weighted by atomic mass is 9.87. The third-order valence-electron chi connectivity index (χ3n) is 6.72. The normalized spacial score (nSPS) is 12.3. The molecule has 0 aliphatic carbocycles. The second-order valence-electron chi connectivity index (χ2n) is 10.8. The van der Waals surface area contributed by atoms with Crippen molar-refractivity contribution in [2.75, 3.05) is 38.7 Å². The number of Topliss-reactive ketones (excluding diaryl/α,β-unsaturated/α-hetero) is 1. The van der Waals surface area contributed by atoms with E-state index in [1.807, 2.05) is 31.1 Å². The Labute approximate surface area is 229 Å². The first kappa shape index (κ1) is 32.0. The van der Waals surface area contributed by atoms with E-state index >= 15 is 0 Å². The Morgan fingerprint density at radius 2 is 1.67 bits per heavy atom. The predicted molar refractivity (Wildman–Crippen MR) is 151 cm³/mol. The average molecular weight is 546 g/mol. The van der Waals surface area contributed by atoms with Crippen molar-refractivity contribution in [2.45, 2.75) is 71.3 Å². The van der Waals surface area contributed by atoms with Gasteiger partial charge in [0.2, 0.25) is 11.8 Å². The molecule has 2 rings (SSSR count).